The van der Waals surface area contributed by atoms with Gasteiger partial charge in [-0.2, -0.15) is 5.10 Å². The maximum absolute atomic E-state index is 12.4. The molecule has 2 aromatic rings. The van der Waals surface area contributed by atoms with Gasteiger partial charge in [0.05, 0.1) is 27.0 Å². The van der Waals surface area contributed by atoms with Gasteiger partial charge in [0.1, 0.15) is 5.82 Å². The van der Waals surface area contributed by atoms with Crippen LogP contribution >= 0.6 is 0 Å². The van der Waals surface area contributed by atoms with E-state index in [1.165, 1.54) is 0 Å². The second kappa shape index (κ2) is 8.90. The molecule has 1 aromatic heterocycles. The summed E-state index contributed by atoms with van der Waals surface area (Å²) in [4.78, 5) is 12.4. The van der Waals surface area contributed by atoms with E-state index in [1.54, 1.807) is 25.1 Å². The first kappa shape index (κ1) is 19.2. The predicted molar refractivity (Wildman–Crippen MR) is 102 cm³/mol. The van der Waals surface area contributed by atoms with Gasteiger partial charge >= 0.3 is 0 Å². The van der Waals surface area contributed by atoms with Crippen LogP contribution in [0.15, 0.2) is 24.4 Å². The molecule has 7 heteroatoms. The average molecular weight is 373 g/mol. The number of hydrogen-bond acceptors (Lipinski definition) is 5. The first-order valence-corrected chi connectivity index (χ1v) is 9.21. The Bertz CT molecular complexity index is 782. The predicted octanol–water partition coefficient (Wildman–Crippen LogP) is 3.01. The molecule has 3 rings (SSSR count). The van der Waals surface area contributed by atoms with E-state index in [4.69, 9.17) is 14.2 Å². The van der Waals surface area contributed by atoms with Gasteiger partial charge in [-0.05, 0) is 43.4 Å². The van der Waals surface area contributed by atoms with Crippen LogP contribution in [0.2, 0.25) is 0 Å². The molecule has 27 heavy (non-hydrogen) atoms. The van der Waals surface area contributed by atoms with E-state index in [9.17, 15) is 4.79 Å². The first-order chi connectivity index (χ1) is 13.1. The number of ether oxygens (including phenoxy) is 3. The lowest BCUT2D eigenvalue weighted by molar-refractivity contribution is -0.116. The van der Waals surface area contributed by atoms with Gasteiger partial charge in [0.25, 0.3) is 0 Å². The molecule has 1 aliphatic heterocycles. The number of hydrogen-bond donors (Lipinski definition) is 1. The number of rotatable bonds is 8. The fraction of sp³-hybridized carbons (Fsp3) is 0.500. The van der Waals surface area contributed by atoms with Crippen molar-refractivity contribution in [1.82, 2.24) is 9.78 Å². The first-order valence-electron chi connectivity index (χ1n) is 9.21. The fourth-order valence-corrected chi connectivity index (χ4v) is 3.25. The van der Waals surface area contributed by atoms with E-state index in [1.807, 2.05) is 25.1 Å². The number of nitrogens with zero attached hydrogens (tertiary/aromatic N) is 2. The molecule has 0 spiro atoms. The minimum atomic E-state index is 0.0130. The maximum Gasteiger partial charge on any atom is 0.225 e. The third-order valence-electron chi connectivity index (χ3n) is 4.86. The molecule has 1 aromatic carbocycles. The third kappa shape index (κ3) is 4.80. The summed E-state index contributed by atoms with van der Waals surface area (Å²) in [5, 5.41) is 7.43. The van der Waals surface area contributed by atoms with Crippen LogP contribution in [0.1, 0.15) is 30.4 Å². The standard InChI is InChI=1S/C20H27N3O4/c1-14-11-21-23(12-16-4-6-17(25-2)18(10-16)26-3)20(14)22-19(24)7-5-15-8-9-27-13-15/h4,6,10-11,15H,5,7-9,12-13H2,1-3H3,(H,22,24). The van der Waals surface area contributed by atoms with Crippen molar-refractivity contribution in [3.05, 3.63) is 35.5 Å². The van der Waals surface area contributed by atoms with Crippen LogP contribution in [0, 0.1) is 12.8 Å². The van der Waals surface area contributed by atoms with Crippen LogP contribution in [0.25, 0.3) is 0 Å². The van der Waals surface area contributed by atoms with Gasteiger partial charge in [-0.15, -0.1) is 0 Å². The summed E-state index contributed by atoms with van der Waals surface area (Å²) in [5.74, 6) is 2.59. The second-order valence-corrected chi connectivity index (χ2v) is 6.84. The Hall–Kier alpha value is -2.54. The van der Waals surface area contributed by atoms with Crippen molar-refractivity contribution in [2.45, 2.75) is 32.7 Å². The SMILES string of the molecule is COc1ccc(Cn2ncc(C)c2NC(=O)CCC2CCOC2)cc1OC. The third-order valence-corrected chi connectivity index (χ3v) is 4.86. The number of carbonyl (C=O) groups is 1. The number of benzene rings is 1. The second-order valence-electron chi connectivity index (χ2n) is 6.84. The van der Waals surface area contributed by atoms with Crippen molar-refractivity contribution in [1.29, 1.82) is 0 Å². The molecule has 1 amide bonds. The van der Waals surface area contributed by atoms with Gasteiger partial charge in [0.2, 0.25) is 5.91 Å². The van der Waals surface area contributed by atoms with E-state index >= 15 is 0 Å². The van der Waals surface area contributed by atoms with Crippen LogP contribution in [0.4, 0.5) is 5.82 Å². The largest absolute Gasteiger partial charge is 0.493 e. The molecule has 1 N–H and O–H groups in total. The monoisotopic (exact) mass is 373 g/mol. The lowest BCUT2D eigenvalue weighted by Gasteiger charge is -2.13. The van der Waals surface area contributed by atoms with Crippen LogP contribution < -0.4 is 14.8 Å². The van der Waals surface area contributed by atoms with Crippen molar-refractivity contribution in [2.24, 2.45) is 5.92 Å². The van der Waals surface area contributed by atoms with Crippen molar-refractivity contribution in [3.63, 3.8) is 0 Å². The van der Waals surface area contributed by atoms with Crippen molar-refractivity contribution < 1.29 is 19.0 Å². The molecule has 7 nitrogen and oxygen atoms in total. The number of aromatic nitrogens is 2. The van der Waals surface area contributed by atoms with E-state index in [0.29, 0.717) is 30.4 Å². The summed E-state index contributed by atoms with van der Waals surface area (Å²) in [6, 6.07) is 5.75. The number of amides is 1. The Kier molecular flexibility index (Phi) is 6.34. The number of nitrogens with one attached hydrogen (secondary N) is 1. The van der Waals surface area contributed by atoms with E-state index < -0.39 is 0 Å². The van der Waals surface area contributed by atoms with Crippen LogP contribution in [-0.4, -0.2) is 43.1 Å². The quantitative estimate of drug-likeness (QED) is 0.770. The van der Waals surface area contributed by atoms with Gasteiger partial charge in [-0.25, -0.2) is 4.68 Å². The molecule has 0 aliphatic carbocycles. The smallest absolute Gasteiger partial charge is 0.225 e. The highest BCUT2D eigenvalue weighted by Gasteiger charge is 2.18. The molecule has 146 valence electrons. The molecule has 0 radical (unpaired) electrons. The number of methoxy groups -OCH3 is 2. The highest BCUT2D eigenvalue weighted by Crippen LogP contribution is 2.28. The molecular weight excluding hydrogens is 346 g/mol. The fourth-order valence-electron chi connectivity index (χ4n) is 3.25. The summed E-state index contributed by atoms with van der Waals surface area (Å²) in [5.41, 5.74) is 1.95. The number of aryl methyl sites for hydroxylation is 1. The minimum Gasteiger partial charge on any atom is -0.493 e. The average Bonchev–Trinajstić information content (AvgIpc) is 3.31. The maximum atomic E-state index is 12.4. The van der Waals surface area contributed by atoms with Crippen LogP contribution in [0.5, 0.6) is 11.5 Å². The van der Waals surface area contributed by atoms with Gasteiger partial charge in [-0.1, -0.05) is 6.07 Å². The molecule has 2 heterocycles. The van der Waals surface area contributed by atoms with Gasteiger partial charge in [0, 0.05) is 25.2 Å². The molecule has 0 saturated carbocycles. The molecule has 1 atom stereocenters. The molecule has 1 unspecified atom stereocenters. The minimum absolute atomic E-state index is 0.0130. The van der Waals surface area contributed by atoms with Crippen molar-refractivity contribution in [3.8, 4) is 11.5 Å². The lowest BCUT2D eigenvalue weighted by Crippen LogP contribution is -2.17. The number of carbonyl (C=O) groups excluding carboxylic acids is 1. The van der Waals surface area contributed by atoms with Crippen LogP contribution in [0.3, 0.4) is 0 Å². The summed E-state index contributed by atoms with van der Waals surface area (Å²) >= 11 is 0. The zero-order chi connectivity index (χ0) is 19.2. The molecular formula is C20H27N3O4. The Balaban J connectivity index is 1.66. The van der Waals surface area contributed by atoms with Crippen LogP contribution in [-0.2, 0) is 16.1 Å². The van der Waals surface area contributed by atoms with Gasteiger partial charge in [0.15, 0.2) is 11.5 Å². The van der Waals surface area contributed by atoms with Gasteiger partial charge < -0.3 is 19.5 Å². The normalized spacial score (nSPS) is 16.3. The molecule has 0 bridgehead atoms. The zero-order valence-electron chi connectivity index (χ0n) is 16.2. The number of anilines is 1. The topological polar surface area (TPSA) is 74.6 Å². The molecule has 1 fully saturated rings. The summed E-state index contributed by atoms with van der Waals surface area (Å²) in [6.45, 7) is 4.05. The highest BCUT2D eigenvalue weighted by atomic mass is 16.5. The Morgan fingerprint density at radius 3 is 2.85 bits per heavy atom. The molecule has 1 saturated heterocycles. The van der Waals surface area contributed by atoms with E-state index in [-0.39, 0.29) is 5.91 Å². The summed E-state index contributed by atoms with van der Waals surface area (Å²) < 4.78 is 17.8. The van der Waals surface area contributed by atoms with E-state index in [0.717, 1.165) is 43.0 Å². The van der Waals surface area contributed by atoms with Crippen molar-refractivity contribution >= 4 is 11.7 Å². The Morgan fingerprint density at radius 1 is 1.33 bits per heavy atom. The Labute approximate surface area is 159 Å². The van der Waals surface area contributed by atoms with Crippen molar-refractivity contribution in [2.75, 3.05) is 32.8 Å². The van der Waals surface area contributed by atoms with E-state index in [2.05, 4.69) is 10.4 Å². The zero-order valence-corrected chi connectivity index (χ0v) is 16.2. The highest BCUT2D eigenvalue weighted by molar-refractivity contribution is 5.90. The van der Waals surface area contributed by atoms with Gasteiger partial charge in [-0.3, -0.25) is 4.79 Å². The Morgan fingerprint density at radius 2 is 2.15 bits per heavy atom. The summed E-state index contributed by atoms with van der Waals surface area (Å²) in [7, 11) is 3.22. The summed E-state index contributed by atoms with van der Waals surface area (Å²) in [6.07, 6.45) is 4.16. The lowest BCUT2D eigenvalue weighted by atomic mass is 10.0. The molecule has 1 aliphatic rings.